The number of unbranched alkanes of at least 4 members (excludes halogenated alkanes) is 4. The van der Waals surface area contributed by atoms with E-state index in [2.05, 4.69) is 13.8 Å². The molecule has 0 saturated heterocycles. The number of rotatable bonds is 9. The molecule has 0 saturated carbocycles. The quantitative estimate of drug-likeness (QED) is 0.597. The van der Waals surface area contributed by atoms with Crippen molar-refractivity contribution in [3.05, 3.63) is 17.1 Å². The highest BCUT2D eigenvalue weighted by atomic mass is 16.4. The molecule has 0 aromatic heterocycles. The highest BCUT2D eigenvalue weighted by molar-refractivity contribution is 6.00. The van der Waals surface area contributed by atoms with Crippen LogP contribution < -0.4 is 0 Å². The van der Waals surface area contributed by atoms with Gasteiger partial charge in [-0.2, -0.15) is 0 Å². The van der Waals surface area contributed by atoms with E-state index in [0.29, 0.717) is 5.92 Å². The maximum atomic E-state index is 11.0. The Morgan fingerprint density at radius 2 is 1.50 bits per heavy atom. The van der Waals surface area contributed by atoms with E-state index in [1.807, 2.05) is 0 Å². The van der Waals surface area contributed by atoms with Crippen molar-refractivity contribution < 1.29 is 9.90 Å². The van der Waals surface area contributed by atoms with Gasteiger partial charge < -0.3 is 5.11 Å². The predicted molar refractivity (Wildman–Crippen MR) is 66.2 cm³/mol. The number of carboxylic acid groups (broad SMARTS) is 1. The molecule has 1 N–H and O–H groups in total. The van der Waals surface area contributed by atoms with Crippen LogP contribution >= 0.6 is 0 Å². The number of hydrogen-bond donors (Lipinski definition) is 1. The molecule has 1 rings (SSSR count). The van der Waals surface area contributed by atoms with Gasteiger partial charge in [0.05, 0.1) is 0 Å². The van der Waals surface area contributed by atoms with Gasteiger partial charge in [0, 0.05) is 0 Å². The van der Waals surface area contributed by atoms with Crippen LogP contribution in [0.1, 0.15) is 65.2 Å². The van der Waals surface area contributed by atoms with Crippen molar-refractivity contribution in [1.82, 2.24) is 0 Å². The highest BCUT2D eigenvalue weighted by Crippen LogP contribution is 2.47. The van der Waals surface area contributed by atoms with Crippen molar-refractivity contribution in [3.63, 3.8) is 0 Å². The lowest BCUT2D eigenvalue weighted by Gasteiger charge is -1.95. The van der Waals surface area contributed by atoms with Gasteiger partial charge in [0.2, 0.25) is 0 Å². The van der Waals surface area contributed by atoms with Crippen LogP contribution in [0.15, 0.2) is 11.1 Å². The second-order valence-corrected chi connectivity index (χ2v) is 4.55. The Morgan fingerprint density at radius 3 is 2.00 bits per heavy atom. The van der Waals surface area contributed by atoms with Crippen molar-refractivity contribution >= 4 is 5.97 Å². The van der Waals surface area contributed by atoms with Crippen LogP contribution in [0.3, 0.4) is 0 Å². The topological polar surface area (TPSA) is 37.3 Å². The number of hydrogen-bond acceptors (Lipinski definition) is 1. The summed E-state index contributed by atoms with van der Waals surface area (Å²) >= 11 is 0. The van der Waals surface area contributed by atoms with Gasteiger partial charge in [0.25, 0.3) is 0 Å². The van der Waals surface area contributed by atoms with E-state index in [0.717, 1.165) is 43.3 Å². The van der Waals surface area contributed by atoms with E-state index in [1.54, 1.807) is 0 Å². The molecule has 0 heterocycles. The van der Waals surface area contributed by atoms with Crippen LogP contribution in [0.2, 0.25) is 0 Å². The van der Waals surface area contributed by atoms with Crippen molar-refractivity contribution in [2.45, 2.75) is 65.2 Å². The Bertz CT molecular complexity index is 266. The molecular formula is C14H23O2. The molecule has 1 aliphatic rings. The second kappa shape index (κ2) is 6.72. The van der Waals surface area contributed by atoms with Gasteiger partial charge >= 0.3 is 5.97 Å². The van der Waals surface area contributed by atoms with Gasteiger partial charge in [0.15, 0.2) is 0 Å². The lowest BCUT2D eigenvalue weighted by Crippen LogP contribution is -2.00. The molecule has 0 unspecified atom stereocenters. The van der Waals surface area contributed by atoms with Crippen LogP contribution in [0, 0.1) is 5.92 Å². The summed E-state index contributed by atoms with van der Waals surface area (Å²) in [6.45, 7) is 4.34. The van der Waals surface area contributed by atoms with E-state index in [4.69, 9.17) is 5.11 Å². The molecule has 91 valence electrons. The smallest absolute Gasteiger partial charge is 0.319 e. The van der Waals surface area contributed by atoms with Crippen LogP contribution in [0.5, 0.6) is 0 Å². The maximum Gasteiger partial charge on any atom is 0.319 e. The van der Waals surface area contributed by atoms with E-state index < -0.39 is 5.97 Å². The Kier molecular flexibility index (Phi) is 5.58. The first-order valence-electron chi connectivity index (χ1n) is 6.55. The van der Waals surface area contributed by atoms with Gasteiger partial charge in [-0.3, -0.25) is 4.79 Å². The summed E-state index contributed by atoms with van der Waals surface area (Å²) < 4.78 is 0. The number of carboxylic acids is 1. The van der Waals surface area contributed by atoms with Crippen LogP contribution in [0.4, 0.5) is 0 Å². The van der Waals surface area contributed by atoms with E-state index in [-0.39, 0.29) is 0 Å². The fourth-order valence-electron chi connectivity index (χ4n) is 2.16. The Balaban J connectivity index is 2.30. The largest absolute Gasteiger partial charge is 0.480 e. The summed E-state index contributed by atoms with van der Waals surface area (Å²) in [6, 6.07) is 0. The Morgan fingerprint density at radius 1 is 0.938 bits per heavy atom. The lowest BCUT2D eigenvalue weighted by molar-refractivity contribution is -0.133. The minimum atomic E-state index is -0.711. The highest BCUT2D eigenvalue weighted by Gasteiger charge is 2.41. The summed E-state index contributed by atoms with van der Waals surface area (Å²) in [5.74, 6) is -0.0541. The van der Waals surface area contributed by atoms with Gasteiger partial charge in [-0.15, -0.1) is 0 Å². The molecule has 0 spiro atoms. The van der Waals surface area contributed by atoms with Gasteiger partial charge in [-0.05, 0) is 36.8 Å². The zero-order chi connectivity index (χ0) is 12.0. The fourth-order valence-corrected chi connectivity index (χ4v) is 2.16. The normalized spacial score (nSPS) is 15.6. The average molecular weight is 223 g/mol. The average Bonchev–Trinajstić information content (AvgIpc) is 2.95. The summed E-state index contributed by atoms with van der Waals surface area (Å²) in [5, 5.41) is 9.02. The monoisotopic (exact) mass is 223 g/mol. The summed E-state index contributed by atoms with van der Waals surface area (Å²) in [4.78, 5) is 11.0. The molecular weight excluding hydrogens is 200 g/mol. The molecule has 2 nitrogen and oxygen atoms in total. The summed E-state index contributed by atoms with van der Waals surface area (Å²) in [6.07, 6.45) is 9.09. The first kappa shape index (κ1) is 13.3. The van der Waals surface area contributed by atoms with Crippen LogP contribution in [-0.2, 0) is 4.79 Å². The molecule has 0 aromatic rings. The van der Waals surface area contributed by atoms with E-state index >= 15 is 0 Å². The van der Waals surface area contributed by atoms with Crippen LogP contribution in [0.25, 0.3) is 0 Å². The zero-order valence-corrected chi connectivity index (χ0v) is 10.5. The standard InChI is InChI=1S/C14H23O2/c1-3-5-7-8-10-12-11(9-6-4-2)13(12)14(15)16/h3-10H2,1-2H3,(H,15,16). The van der Waals surface area contributed by atoms with E-state index in [9.17, 15) is 4.79 Å². The number of aliphatic carboxylic acids is 1. The van der Waals surface area contributed by atoms with E-state index in [1.165, 1.54) is 19.3 Å². The molecule has 0 aliphatic heterocycles. The summed E-state index contributed by atoms with van der Waals surface area (Å²) in [5.41, 5.74) is 2.32. The third-order valence-electron chi connectivity index (χ3n) is 3.18. The molecule has 0 bridgehead atoms. The van der Waals surface area contributed by atoms with Crippen LogP contribution in [-0.4, -0.2) is 11.1 Å². The van der Waals surface area contributed by atoms with Gasteiger partial charge in [-0.25, -0.2) is 0 Å². The fraction of sp³-hybridized carbons (Fsp3) is 0.714. The molecule has 0 fully saturated rings. The SMILES string of the molecule is CCCCCCC1=C(CCCC)[C]1C(=O)O. The van der Waals surface area contributed by atoms with Gasteiger partial charge in [-0.1, -0.05) is 39.5 Å². The Labute approximate surface area is 98.7 Å². The summed E-state index contributed by atoms with van der Waals surface area (Å²) in [7, 11) is 0. The lowest BCUT2D eigenvalue weighted by atomic mass is 10.1. The van der Waals surface area contributed by atoms with Gasteiger partial charge in [0.1, 0.15) is 5.92 Å². The van der Waals surface area contributed by atoms with Crippen molar-refractivity contribution in [2.24, 2.45) is 0 Å². The van der Waals surface area contributed by atoms with Crippen molar-refractivity contribution in [3.8, 4) is 0 Å². The first-order valence-corrected chi connectivity index (χ1v) is 6.55. The molecule has 0 amide bonds. The molecule has 16 heavy (non-hydrogen) atoms. The maximum absolute atomic E-state index is 11.0. The Hall–Kier alpha value is -0.790. The predicted octanol–water partition coefficient (Wildman–Crippen LogP) is 4.12. The molecule has 1 aliphatic carbocycles. The molecule has 2 heteroatoms. The molecule has 0 atom stereocenters. The third kappa shape index (κ3) is 3.66. The second-order valence-electron chi connectivity index (χ2n) is 4.55. The minimum Gasteiger partial charge on any atom is -0.480 e. The number of carbonyl (C=O) groups is 1. The molecule has 1 radical (unpaired) electrons. The zero-order valence-electron chi connectivity index (χ0n) is 10.5. The minimum absolute atomic E-state index is 0.657. The third-order valence-corrected chi connectivity index (χ3v) is 3.18. The van der Waals surface area contributed by atoms with Crippen molar-refractivity contribution in [1.29, 1.82) is 0 Å². The van der Waals surface area contributed by atoms with Crippen molar-refractivity contribution in [2.75, 3.05) is 0 Å². The first-order chi connectivity index (χ1) is 7.72. The molecule has 0 aromatic carbocycles.